The van der Waals surface area contributed by atoms with Crippen molar-refractivity contribution >= 4 is 18.3 Å². The lowest BCUT2D eigenvalue weighted by molar-refractivity contribution is 0.453. The van der Waals surface area contributed by atoms with Gasteiger partial charge in [-0.05, 0) is 18.8 Å². The minimum Gasteiger partial charge on any atom is -0.293 e. The van der Waals surface area contributed by atoms with Gasteiger partial charge in [0, 0.05) is 11.0 Å². The van der Waals surface area contributed by atoms with E-state index in [1.165, 1.54) is 18.6 Å². The van der Waals surface area contributed by atoms with Crippen LogP contribution >= 0.6 is 12.6 Å². The van der Waals surface area contributed by atoms with Crippen LogP contribution in [0.1, 0.15) is 12.8 Å². The topological polar surface area (TPSA) is 12.4 Å². The van der Waals surface area contributed by atoms with E-state index >= 15 is 0 Å². The van der Waals surface area contributed by atoms with Gasteiger partial charge in [-0.25, -0.2) is 0 Å². The molecule has 0 aromatic carbocycles. The summed E-state index contributed by atoms with van der Waals surface area (Å²) in [6.45, 7) is 0.975. The molecule has 0 aromatic rings. The number of rotatable bonds is 0. The number of hydrogen-bond acceptors (Lipinski definition) is 2. The maximum atomic E-state index is 4.39. The summed E-state index contributed by atoms with van der Waals surface area (Å²) in [5.41, 5.74) is 1.43. The average Bonchev–Trinajstić information content (AvgIpc) is 1.62. The zero-order valence-corrected chi connectivity index (χ0v) is 5.56. The minimum absolute atomic E-state index is 0.576. The van der Waals surface area contributed by atoms with Gasteiger partial charge in [0.05, 0.1) is 6.54 Å². The Hall–Kier alpha value is 0.0200. The van der Waals surface area contributed by atoms with Crippen LogP contribution < -0.4 is 0 Å². The number of thiol groups is 1. The molecule has 2 bridgehead atoms. The van der Waals surface area contributed by atoms with E-state index in [-0.39, 0.29) is 0 Å². The van der Waals surface area contributed by atoms with Gasteiger partial charge in [0.2, 0.25) is 0 Å². The largest absolute Gasteiger partial charge is 0.293 e. The molecule has 1 atom stereocenters. The lowest BCUT2D eigenvalue weighted by Gasteiger charge is -2.36. The molecule has 2 heteroatoms. The Morgan fingerprint density at radius 1 is 1.50 bits per heavy atom. The highest BCUT2D eigenvalue weighted by Crippen LogP contribution is 2.34. The summed E-state index contributed by atoms with van der Waals surface area (Å²) >= 11 is 4.39. The van der Waals surface area contributed by atoms with Crippen molar-refractivity contribution in [2.75, 3.05) is 6.54 Å². The molecule has 0 N–H and O–H groups in total. The fourth-order valence-electron chi connectivity index (χ4n) is 1.32. The molecule has 0 spiro atoms. The Balaban J connectivity index is 2.19. The van der Waals surface area contributed by atoms with Gasteiger partial charge in [0.25, 0.3) is 0 Å². The molecule has 1 unspecified atom stereocenters. The van der Waals surface area contributed by atoms with E-state index in [0.717, 1.165) is 12.5 Å². The van der Waals surface area contributed by atoms with E-state index in [9.17, 15) is 0 Å². The van der Waals surface area contributed by atoms with Crippen LogP contribution in [-0.4, -0.2) is 17.5 Å². The van der Waals surface area contributed by atoms with Crippen LogP contribution in [-0.2, 0) is 0 Å². The van der Waals surface area contributed by atoms with Crippen molar-refractivity contribution in [2.45, 2.75) is 18.1 Å². The Labute approximate surface area is 54.6 Å². The van der Waals surface area contributed by atoms with Crippen LogP contribution in [0, 0.1) is 5.92 Å². The first-order valence-electron chi connectivity index (χ1n) is 3.06. The number of fused-ring (bicyclic) bond motifs is 2. The van der Waals surface area contributed by atoms with Crippen LogP contribution in [0.15, 0.2) is 4.99 Å². The molecule has 0 aromatic heterocycles. The van der Waals surface area contributed by atoms with Gasteiger partial charge in [-0.1, -0.05) is 0 Å². The third-order valence-electron chi connectivity index (χ3n) is 2.04. The first-order chi connectivity index (χ1) is 3.86. The molecular weight excluding hydrogens is 118 g/mol. The van der Waals surface area contributed by atoms with Gasteiger partial charge in [0.1, 0.15) is 0 Å². The van der Waals surface area contributed by atoms with Crippen molar-refractivity contribution in [1.29, 1.82) is 0 Å². The van der Waals surface area contributed by atoms with E-state index in [1.54, 1.807) is 0 Å². The summed E-state index contributed by atoms with van der Waals surface area (Å²) in [5, 5.41) is 0.576. The highest BCUT2D eigenvalue weighted by Gasteiger charge is 2.33. The molecular formula is C6H9NS. The summed E-state index contributed by atoms with van der Waals surface area (Å²) in [5.74, 6) is 0.880. The van der Waals surface area contributed by atoms with Gasteiger partial charge in [0.15, 0.2) is 0 Å². The van der Waals surface area contributed by atoms with E-state index in [0.29, 0.717) is 5.25 Å². The molecule has 3 aliphatic rings. The first kappa shape index (κ1) is 4.86. The summed E-state index contributed by atoms with van der Waals surface area (Å²) in [7, 11) is 0. The molecule has 1 saturated carbocycles. The molecule has 0 radical (unpaired) electrons. The van der Waals surface area contributed by atoms with Crippen molar-refractivity contribution < 1.29 is 0 Å². The smallest absolute Gasteiger partial charge is 0.0508 e. The van der Waals surface area contributed by atoms with Crippen molar-refractivity contribution in [3.8, 4) is 0 Å². The van der Waals surface area contributed by atoms with E-state index in [4.69, 9.17) is 0 Å². The highest BCUT2D eigenvalue weighted by molar-refractivity contribution is 7.81. The van der Waals surface area contributed by atoms with Crippen molar-refractivity contribution in [3.05, 3.63) is 0 Å². The van der Waals surface area contributed by atoms with Crippen molar-refractivity contribution in [1.82, 2.24) is 0 Å². The molecule has 2 aliphatic heterocycles. The molecule has 0 amide bonds. The van der Waals surface area contributed by atoms with Crippen LogP contribution in [0.2, 0.25) is 0 Å². The van der Waals surface area contributed by atoms with Gasteiger partial charge < -0.3 is 0 Å². The van der Waals surface area contributed by atoms with Crippen LogP contribution in [0.3, 0.4) is 0 Å². The predicted octanol–water partition coefficient (Wildman–Crippen LogP) is 1.15. The Bertz CT molecular complexity index is 133. The summed E-state index contributed by atoms with van der Waals surface area (Å²) < 4.78 is 0. The third-order valence-corrected chi connectivity index (χ3v) is 2.63. The maximum absolute atomic E-state index is 4.39. The van der Waals surface area contributed by atoms with E-state index < -0.39 is 0 Å². The molecule has 0 saturated heterocycles. The van der Waals surface area contributed by atoms with Gasteiger partial charge in [-0.15, -0.1) is 0 Å². The molecule has 8 heavy (non-hydrogen) atoms. The summed E-state index contributed by atoms with van der Waals surface area (Å²) in [4.78, 5) is 4.32. The molecule has 3 rings (SSSR count). The van der Waals surface area contributed by atoms with E-state index in [1.807, 2.05) is 0 Å². The number of nitrogens with zero attached hydrogens (tertiary/aromatic N) is 1. The fraction of sp³-hybridized carbons (Fsp3) is 0.833. The van der Waals surface area contributed by atoms with Crippen LogP contribution in [0.4, 0.5) is 0 Å². The minimum atomic E-state index is 0.576. The summed E-state index contributed by atoms with van der Waals surface area (Å²) in [6.07, 6.45) is 2.49. The Morgan fingerprint density at radius 3 is 2.50 bits per heavy atom. The number of hydrogen-bond donors (Lipinski definition) is 1. The monoisotopic (exact) mass is 127 g/mol. The fourth-order valence-corrected chi connectivity index (χ4v) is 1.61. The zero-order chi connectivity index (χ0) is 5.56. The first-order valence-corrected chi connectivity index (χ1v) is 3.58. The molecule has 1 fully saturated rings. The second-order valence-corrected chi connectivity index (χ2v) is 3.31. The second kappa shape index (κ2) is 1.50. The van der Waals surface area contributed by atoms with Crippen LogP contribution in [0.25, 0.3) is 0 Å². The normalized spacial score (nSPS) is 42.9. The van der Waals surface area contributed by atoms with Crippen LogP contribution in [0.5, 0.6) is 0 Å². The SMILES string of the molecule is SC1CN=C2CC1C2. The quantitative estimate of drug-likeness (QED) is 0.469. The highest BCUT2D eigenvalue weighted by atomic mass is 32.1. The lowest BCUT2D eigenvalue weighted by Crippen LogP contribution is -2.37. The predicted molar refractivity (Wildman–Crippen MR) is 37.8 cm³/mol. The third kappa shape index (κ3) is 0.524. The van der Waals surface area contributed by atoms with Crippen molar-refractivity contribution in [3.63, 3.8) is 0 Å². The Morgan fingerprint density at radius 2 is 2.25 bits per heavy atom. The van der Waals surface area contributed by atoms with Gasteiger partial charge in [-0.3, -0.25) is 4.99 Å². The average molecular weight is 127 g/mol. The summed E-state index contributed by atoms with van der Waals surface area (Å²) in [6, 6.07) is 0. The molecule has 1 nitrogen and oxygen atoms in total. The Kier molecular flexibility index (Phi) is 0.911. The second-order valence-electron chi connectivity index (χ2n) is 2.64. The zero-order valence-electron chi connectivity index (χ0n) is 4.67. The molecule has 1 aliphatic carbocycles. The van der Waals surface area contributed by atoms with Gasteiger partial charge in [-0.2, -0.15) is 12.6 Å². The molecule has 2 heterocycles. The maximum Gasteiger partial charge on any atom is 0.0508 e. The van der Waals surface area contributed by atoms with Gasteiger partial charge >= 0.3 is 0 Å². The van der Waals surface area contributed by atoms with E-state index in [2.05, 4.69) is 17.6 Å². The standard InChI is InChI=1S/C6H9NS/c8-6-3-7-5-1-4(6)2-5/h4,6,8H,1-3H2. The van der Waals surface area contributed by atoms with Crippen molar-refractivity contribution in [2.24, 2.45) is 10.9 Å². The number of aliphatic imine (C=N–C) groups is 1. The molecule has 44 valence electrons. The lowest BCUT2D eigenvalue weighted by atomic mass is 9.78.